The average Bonchev–Trinajstić information content (AvgIpc) is 3.12. The summed E-state index contributed by atoms with van der Waals surface area (Å²) in [6.07, 6.45) is 2.96. The molecule has 0 aromatic heterocycles. The Labute approximate surface area is 104 Å². The Morgan fingerprint density at radius 2 is 1.88 bits per heavy atom. The van der Waals surface area contributed by atoms with Crippen LogP contribution in [0.25, 0.3) is 0 Å². The van der Waals surface area contributed by atoms with Gasteiger partial charge >= 0.3 is 0 Å². The van der Waals surface area contributed by atoms with E-state index in [0.717, 1.165) is 33.2 Å². The number of aliphatic hydroxyl groups excluding tert-OH is 1. The van der Waals surface area contributed by atoms with Crippen molar-refractivity contribution in [1.29, 1.82) is 0 Å². The fourth-order valence-electron chi connectivity index (χ4n) is 2.38. The summed E-state index contributed by atoms with van der Waals surface area (Å²) >= 11 is 0. The summed E-state index contributed by atoms with van der Waals surface area (Å²) in [6, 6.07) is 0.459. The van der Waals surface area contributed by atoms with E-state index < -0.39 is 0 Å². The molecular formula is C13H25NO3. The fourth-order valence-corrected chi connectivity index (χ4v) is 2.38. The fraction of sp³-hybridized carbons (Fsp3) is 0.923. The first-order valence-corrected chi connectivity index (χ1v) is 6.51. The maximum absolute atomic E-state index is 11.9. The highest BCUT2D eigenvalue weighted by molar-refractivity contribution is 5.79. The lowest BCUT2D eigenvalue weighted by Gasteiger charge is -2.21. The number of rotatable bonds is 3. The van der Waals surface area contributed by atoms with Gasteiger partial charge in [0.1, 0.15) is 0 Å². The SMILES string of the molecule is CC(C)C1CC1NC(=O)C1CCOCC1.CO. The van der Waals surface area contributed by atoms with Gasteiger partial charge in [-0.1, -0.05) is 13.8 Å². The van der Waals surface area contributed by atoms with Crippen molar-refractivity contribution in [2.75, 3.05) is 20.3 Å². The van der Waals surface area contributed by atoms with E-state index in [9.17, 15) is 4.79 Å². The summed E-state index contributed by atoms with van der Waals surface area (Å²) < 4.78 is 5.25. The van der Waals surface area contributed by atoms with Crippen molar-refractivity contribution in [3.63, 3.8) is 0 Å². The van der Waals surface area contributed by atoms with Crippen LogP contribution in [0, 0.1) is 17.8 Å². The van der Waals surface area contributed by atoms with Crippen molar-refractivity contribution in [3.05, 3.63) is 0 Å². The van der Waals surface area contributed by atoms with E-state index in [1.165, 1.54) is 6.42 Å². The number of nitrogens with one attached hydrogen (secondary N) is 1. The molecule has 1 saturated heterocycles. The molecule has 1 amide bonds. The van der Waals surface area contributed by atoms with Crippen LogP contribution >= 0.6 is 0 Å². The first-order chi connectivity index (χ1) is 8.18. The van der Waals surface area contributed by atoms with Crippen molar-refractivity contribution >= 4 is 5.91 Å². The van der Waals surface area contributed by atoms with E-state index >= 15 is 0 Å². The highest BCUT2D eigenvalue weighted by Gasteiger charge is 2.41. The molecule has 4 heteroatoms. The minimum Gasteiger partial charge on any atom is -0.400 e. The smallest absolute Gasteiger partial charge is 0.223 e. The lowest BCUT2D eigenvalue weighted by molar-refractivity contribution is -0.128. The zero-order valence-corrected chi connectivity index (χ0v) is 11.1. The minimum absolute atomic E-state index is 0.201. The summed E-state index contributed by atoms with van der Waals surface area (Å²) in [5.74, 6) is 1.87. The predicted molar refractivity (Wildman–Crippen MR) is 66.6 cm³/mol. The Balaban J connectivity index is 0.000000686. The quantitative estimate of drug-likeness (QED) is 0.782. The zero-order chi connectivity index (χ0) is 12.8. The predicted octanol–water partition coefficient (Wildman–Crippen LogP) is 1.18. The molecule has 2 atom stereocenters. The van der Waals surface area contributed by atoms with Crippen molar-refractivity contribution in [1.82, 2.24) is 5.32 Å². The average molecular weight is 243 g/mol. The van der Waals surface area contributed by atoms with Gasteiger partial charge in [0, 0.05) is 32.3 Å². The largest absolute Gasteiger partial charge is 0.400 e. The van der Waals surface area contributed by atoms with Crippen molar-refractivity contribution in [2.24, 2.45) is 17.8 Å². The van der Waals surface area contributed by atoms with Gasteiger partial charge in [0.15, 0.2) is 0 Å². The lowest BCUT2D eigenvalue weighted by atomic mass is 9.99. The second-order valence-corrected chi connectivity index (χ2v) is 5.15. The maximum atomic E-state index is 11.9. The Kier molecular flexibility index (Phi) is 5.92. The van der Waals surface area contributed by atoms with Gasteiger partial charge in [-0.05, 0) is 31.1 Å². The van der Waals surface area contributed by atoms with E-state index in [-0.39, 0.29) is 11.8 Å². The summed E-state index contributed by atoms with van der Waals surface area (Å²) in [4.78, 5) is 11.9. The van der Waals surface area contributed by atoms with Gasteiger partial charge in [-0.15, -0.1) is 0 Å². The van der Waals surface area contributed by atoms with E-state index in [4.69, 9.17) is 9.84 Å². The molecule has 1 saturated carbocycles. The molecule has 0 aromatic carbocycles. The van der Waals surface area contributed by atoms with Gasteiger partial charge in [-0.3, -0.25) is 4.79 Å². The number of carbonyl (C=O) groups excluding carboxylic acids is 1. The maximum Gasteiger partial charge on any atom is 0.223 e. The summed E-state index contributed by atoms with van der Waals surface area (Å²) in [7, 11) is 1.00. The number of carbonyl (C=O) groups is 1. The van der Waals surface area contributed by atoms with Crippen LogP contribution in [0.5, 0.6) is 0 Å². The van der Waals surface area contributed by atoms with E-state index in [0.29, 0.717) is 17.9 Å². The molecule has 2 unspecified atom stereocenters. The number of hydrogen-bond donors (Lipinski definition) is 2. The minimum atomic E-state index is 0.201. The monoisotopic (exact) mass is 243 g/mol. The first kappa shape index (κ1) is 14.5. The van der Waals surface area contributed by atoms with Crippen LogP contribution in [-0.4, -0.2) is 37.4 Å². The van der Waals surface area contributed by atoms with E-state index in [1.807, 2.05) is 0 Å². The summed E-state index contributed by atoms with van der Waals surface area (Å²) in [5, 5.41) is 10.2. The van der Waals surface area contributed by atoms with Crippen LogP contribution in [0.3, 0.4) is 0 Å². The number of aliphatic hydroxyl groups is 1. The molecule has 2 N–H and O–H groups in total. The van der Waals surface area contributed by atoms with E-state index in [2.05, 4.69) is 19.2 Å². The van der Waals surface area contributed by atoms with Crippen LogP contribution in [0.2, 0.25) is 0 Å². The molecule has 1 aliphatic carbocycles. The van der Waals surface area contributed by atoms with Crippen molar-refractivity contribution < 1.29 is 14.6 Å². The third kappa shape index (κ3) is 4.28. The Morgan fingerprint density at radius 3 is 2.35 bits per heavy atom. The molecule has 0 spiro atoms. The third-order valence-corrected chi connectivity index (χ3v) is 3.62. The molecule has 0 radical (unpaired) electrons. The molecule has 0 bridgehead atoms. The Bertz CT molecular complexity index is 237. The number of hydrogen-bond acceptors (Lipinski definition) is 3. The van der Waals surface area contributed by atoms with Crippen LogP contribution < -0.4 is 5.32 Å². The van der Waals surface area contributed by atoms with Crippen molar-refractivity contribution in [3.8, 4) is 0 Å². The van der Waals surface area contributed by atoms with Gasteiger partial charge in [-0.2, -0.15) is 0 Å². The summed E-state index contributed by atoms with van der Waals surface area (Å²) in [5.41, 5.74) is 0. The standard InChI is InChI=1S/C12H21NO2.CH4O/c1-8(2)10-7-11(10)13-12(14)9-3-5-15-6-4-9;1-2/h8-11H,3-7H2,1-2H3,(H,13,14);2H,1H3. The number of amides is 1. The van der Waals surface area contributed by atoms with E-state index in [1.54, 1.807) is 0 Å². The molecule has 17 heavy (non-hydrogen) atoms. The Morgan fingerprint density at radius 1 is 1.29 bits per heavy atom. The molecule has 2 fully saturated rings. The van der Waals surface area contributed by atoms with Crippen molar-refractivity contribution in [2.45, 2.75) is 39.2 Å². The Hall–Kier alpha value is -0.610. The van der Waals surface area contributed by atoms with Gasteiger partial charge < -0.3 is 15.2 Å². The van der Waals surface area contributed by atoms with Gasteiger partial charge in [0.25, 0.3) is 0 Å². The second kappa shape index (κ2) is 6.97. The topological polar surface area (TPSA) is 58.6 Å². The van der Waals surface area contributed by atoms with Crippen LogP contribution in [-0.2, 0) is 9.53 Å². The normalized spacial score (nSPS) is 28.3. The van der Waals surface area contributed by atoms with Gasteiger partial charge in [0.05, 0.1) is 0 Å². The van der Waals surface area contributed by atoms with Crippen LogP contribution in [0.1, 0.15) is 33.1 Å². The lowest BCUT2D eigenvalue weighted by Crippen LogP contribution is -2.36. The molecule has 0 aromatic rings. The van der Waals surface area contributed by atoms with Crippen LogP contribution in [0.4, 0.5) is 0 Å². The molecular weight excluding hydrogens is 218 g/mol. The highest BCUT2D eigenvalue weighted by atomic mass is 16.5. The molecule has 1 heterocycles. The van der Waals surface area contributed by atoms with Gasteiger partial charge in [-0.25, -0.2) is 0 Å². The molecule has 4 nitrogen and oxygen atoms in total. The molecule has 2 aliphatic rings. The molecule has 1 aliphatic heterocycles. The second-order valence-electron chi connectivity index (χ2n) is 5.15. The highest BCUT2D eigenvalue weighted by Crippen LogP contribution is 2.37. The summed E-state index contributed by atoms with van der Waals surface area (Å²) in [6.45, 7) is 5.95. The van der Waals surface area contributed by atoms with Crippen LogP contribution in [0.15, 0.2) is 0 Å². The first-order valence-electron chi connectivity index (χ1n) is 6.51. The third-order valence-electron chi connectivity index (χ3n) is 3.62. The van der Waals surface area contributed by atoms with Gasteiger partial charge in [0.2, 0.25) is 5.91 Å². The zero-order valence-electron chi connectivity index (χ0n) is 11.1. The number of ether oxygens (including phenoxy) is 1. The molecule has 100 valence electrons. The molecule has 2 rings (SSSR count).